The van der Waals surface area contributed by atoms with Gasteiger partial charge in [-0.05, 0) is 0 Å². The number of nitrogen functional groups attached to an aromatic ring is 1. The number of nitrogens with zero attached hydrogens (tertiary/aromatic N) is 4. The molecule has 0 radical (unpaired) electrons. The molecule has 19 heavy (non-hydrogen) atoms. The highest BCUT2D eigenvalue weighted by molar-refractivity contribution is 5.77. The Bertz CT molecular complexity index is 508. The number of aromatic nitrogens is 2. The molecule has 2 amide bonds. The van der Waals surface area contributed by atoms with Gasteiger partial charge in [-0.25, -0.2) is 14.8 Å². The molecule has 0 bridgehead atoms. The number of methoxy groups -OCH3 is 1. The van der Waals surface area contributed by atoms with Crippen molar-refractivity contribution in [1.29, 1.82) is 0 Å². The molecule has 1 aromatic rings. The lowest BCUT2D eigenvalue weighted by Gasteiger charge is -2.37. The molecule has 3 N–H and O–H groups in total. The van der Waals surface area contributed by atoms with Gasteiger partial charge < -0.3 is 25.6 Å². The van der Waals surface area contributed by atoms with E-state index < -0.39 is 0 Å². The second-order valence-electron chi connectivity index (χ2n) is 4.60. The van der Waals surface area contributed by atoms with Gasteiger partial charge in [-0.3, -0.25) is 0 Å². The highest BCUT2D eigenvalue weighted by Gasteiger charge is 2.36. The molecule has 2 aliphatic rings. The number of ether oxygens (including phenoxy) is 1. The molecule has 2 fully saturated rings. The van der Waals surface area contributed by atoms with Gasteiger partial charge in [0.2, 0.25) is 5.75 Å². The first kappa shape index (κ1) is 11.8. The average Bonchev–Trinajstić information content (AvgIpc) is 2.79. The Hall–Kier alpha value is -2.25. The van der Waals surface area contributed by atoms with Crippen molar-refractivity contribution in [1.82, 2.24) is 20.2 Å². The molecule has 2 saturated heterocycles. The Kier molecular flexibility index (Phi) is 2.77. The minimum Gasteiger partial charge on any atom is -0.490 e. The molecule has 3 rings (SSSR count). The zero-order valence-electron chi connectivity index (χ0n) is 10.7. The summed E-state index contributed by atoms with van der Waals surface area (Å²) in [6.45, 7) is 2.75. The van der Waals surface area contributed by atoms with E-state index in [1.54, 1.807) is 7.11 Å². The lowest BCUT2D eigenvalue weighted by Crippen LogP contribution is -2.52. The quantitative estimate of drug-likeness (QED) is 0.732. The molecule has 2 aliphatic heterocycles. The van der Waals surface area contributed by atoms with Gasteiger partial charge >= 0.3 is 6.03 Å². The van der Waals surface area contributed by atoms with Gasteiger partial charge in [-0.2, -0.15) is 0 Å². The van der Waals surface area contributed by atoms with Gasteiger partial charge in [0.25, 0.3) is 0 Å². The fraction of sp³-hybridized carbons (Fsp3) is 0.545. The largest absolute Gasteiger partial charge is 0.490 e. The van der Waals surface area contributed by atoms with Crippen LogP contribution in [0.1, 0.15) is 0 Å². The maximum Gasteiger partial charge on any atom is 0.317 e. The summed E-state index contributed by atoms with van der Waals surface area (Å²) in [7, 11) is 1.55. The molecule has 8 nitrogen and oxygen atoms in total. The van der Waals surface area contributed by atoms with Crippen molar-refractivity contribution in [2.45, 2.75) is 6.04 Å². The molecule has 0 aliphatic carbocycles. The Morgan fingerprint density at radius 1 is 1.47 bits per heavy atom. The van der Waals surface area contributed by atoms with Gasteiger partial charge in [0.05, 0.1) is 13.2 Å². The monoisotopic (exact) mass is 264 g/mol. The van der Waals surface area contributed by atoms with Gasteiger partial charge in [0, 0.05) is 26.2 Å². The third kappa shape index (κ3) is 1.88. The molecule has 0 aromatic carbocycles. The van der Waals surface area contributed by atoms with Crippen LogP contribution in [0.3, 0.4) is 0 Å². The molecular weight excluding hydrogens is 248 g/mol. The van der Waals surface area contributed by atoms with Crippen LogP contribution in [0.5, 0.6) is 5.75 Å². The van der Waals surface area contributed by atoms with Crippen LogP contribution in [-0.2, 0) is 0 Å². The minimum absolute atomic E-state index is 0.0128. The Balaban J connectivity index is 1.84. The number of nitrogens with one attached hydrogen (secondary N) is 1. The highest BCUT2D eigenvalue weighted by Crippen LogP contribution is 2.31. The van der Waals surface area contributed by atoms with E-state index in [-0.39, 0.29) is 12.1 Å². The van der Waals surface area contributed by atoms with Crippen LogP contribution in [0.15, 0.2) is 6.33 Å². The van der Waals surface area contributed by atoms with Crippen LogP contribution >= 0.6 is 0 Å². The van der Waals surface area contributed by atoms with E-state index in [1.807, 2.05) is 4.90 Å². The van der Waals surface area contributed by atoms with E-state index >= 15 is 0 Å². The van der Waals surface area contributed by atoms with E-state index in [4.69, 9.17) is 10.5 Å². The zero-order chi connectivity index (χ0) is 13.4. The summed E-state index contributed by atoms with van der Waals surface area (Å²) >= 11 is 0. The normalized spacial score (nSPS) is 22.2. The summed E-state index contributed by atoms with van der Waals surface area (Å²) in [6.07, 6.45) is 1.43. The van der Waals surface area contributed by atoms with Crippen molar-refractivity contribution < 1.29 is 9.53 Å². The lowest BCUT2D eigenvalue weighted by atomic mass is 10.2. The smallest absolute Gasteiger partial charge is 0.317 e. The van der Waals surface area contributed by atoms with Crippen LogP contribution in [-0.4, -0.2) is 60.2 Å². The van der Waals surface area contributed by atoms with E-state index in [0.29, 0.717) is 43.6 Å². The highest BCUT2D eigenvalue weighted by atomic mass is 16.5. The third-order valence-electron chi connectivity index (χ3n) is 3.55. The summed E-state index contributed by atoms with van der Waals surface area (Å²) in [5.74, 6) is 1.51. The fourth-order valence-electron chi connectivity index (χ4n) is 2.60. The van der Waals surface area contributed by atoms with Crippen LogP contribution in [0.2, 0.25) is 0 Å². The molecular formula is C11H16N6O2. The molecule has 0 saturated carbocycles. The second kappa shape index (κ2) is 4.45. The van der Waals surface area contributed by atoms with Crippen molar-refractivity contribution in [3.63, 3.8) is 0 Å². The van der Waals surface area contributed by atoms with E-state index in [2.05, 4.69) is 20.2 Å². The van der Waals surface area contributed by atoms with E-state index in [9.17, 15) is 4.79 Å². The topological polar surface area (TPSA) is 96.6 Å². The molecule has 1 aromatic heterocycles. The van der Waals surface area contributed by atoms with Crippen molar-refractivity contribution in [3.8, 4) is 5.75 Å². The van der Waals surface area contributed by atoms with Crippen LogP contribution in [0.25, 0.3) is 0 Å². The minimum atomic E-state index is 0.0128. The Morgan fingerprint density at radius 2 is 2.32 bits per heavy atom. The average molecular weight is 264 g/mol. The zero-order valence-corrected chi connectivity index (χ0v) is 10.7. The summed E-state index contributed by atoms with van der Waals surface area (Å²) in [5, 5.41) is 2.85. The number of rotatable bonds is 2. The first-order chi connectivity index (χ1) is 9.20. The van der Waals surface area contributed by atoms with Crippen molar-refractivity contribution in [2.24, 2.45) is 0 Å². The number of hydrogen-bond acceptors (Lipinski definition) is 6. The standard InChI is InChI=1S/C11H16N6O2/c1-19-8-9(12)14-6-15-10(8)16-2-3-17-7(5-16)4-13-11(17)18/h6-7H,2-5H2,1H3,(H,13,18)(H2,12,14,15). The molecule has 102 valence electrons. The van der Waals surface area contributed by atoms with Gasteiger partial charge in [0.1, 0.15) is 6.33 Å². The fourth-order valence-corrected chi connectivity index (χ4v) is 2.60. The summed E-state index contributed by atoms with van der Waals surface area (Å²) in [5.41, 5.74) is 5.79. The van der Waals surface area contributed by atoms with E-state index in [1.165, 1.54) is 6.33 Å². The predicted octanol–water partition coefficient (Wildman–Crippen LogP) is -0.719. The van der Waals surface area contributed by atoms with Gasteiger partial charge in [-0.15, -0.1) is 0 Å². The molecule has 8 heteroatoms. The predicted molar refractivity (Wildman–Crippen MR) is 69.1 cm³/mol. The van der Waals surface area contributed by atoms with Crippen molar-refractivity contribution in [2.75, 3.05) is 43.9 Å². The third-order valence-corrected chi connectivity index (χ3v) is 3.55. The van der Waals surface area contributed by atoms with Crippen molar-refractivity contribution >= 4 is 17.7 Å². The number of carbonyl (C=O) groups excluding carboxylic acids is 1. The summed E-state index contributed by atoms with van der Waals surface area (Å²) in [4.78, 5) is 23.7. The maximum absolute atomic E-state index is 11.6. The number of nitrogens with two attached hydrogens (primary N) is 1. The Morgan fingerprint density at radius 3 is 3.11 bits per heavy atom. The van der Waals surface area contributed by atoms with Crippen LogP contribution in [0, 0.1) is 0 Å². The summed E-state index contributed by atoms with van der Waals surface area (Å²) < 4.78 is 5.27. The first-order valence-corrected chi connectivity index (χ1v) is 6.14. The number of amides is 2. The van der Waals surface area contributed by atoms with Crippen molar-refractivity contribution in [3.05, 3.63) is 6.33 Å². The SMILES string of the molecule is COc1c(N)ncnc1N1CCN2C(=O)NCC2C1. The lowest BCUT2D eigenvalue weighted by molar-refractivity contribution is 0.197. The van der Waals surface area contributed by atoms with Gasteiger partial charge in [-0.1, -0.05) is 0 Å². The number of piperazine rings is 1. The first-order valence-electron chi connectivity index (χ1n) is 6.14. The number of fused-ring (bicyclic) bond motifs is 1. The number of carbonyl (C=O) groups is 1. The number of urea groups is 1. The second-order valence-corrected chi connectivity index (χ2v) is 4.60. The summed E-state index contributed by atoms with van der Waals surface area (Å²) in [6, 6.07) is 0.181. The molecule has 1 unspecified atom stereocenters. The van der Waals surface area contributed by atoms with Gasteiger partial charge in [0.15, 0.2) is 11.6 Å². The molecule has 0 spiro atoms. The Labute approximate surface area is 110 Å². The number of anilines is 2. The van der Waals surface area contributed by atoms with E-state index in [0.717, 1.165) is 0 Å². The molecule has 1 atom stereocenters. The maximum atomic E-state index is 11.6. The molecule has 3 heterocycles. The van der Waals surface area contributed by atoms with Crippen LogP contribution < -0.4 is 20.7 Å². The number of hydrogen-bond donors (Lipinski definition) is 2. The van der Waals surface area contributed by atoms with Crippen LogP contribution in [0.4, 0.5) is 16.4 Å².